The molecule has 4 rings (SSSR count). The summed E-state index contributed by atoms with van der Waals surface area (Å²) in [6.07, 6.45) is 1.76. The third-order valence-electron chi connectivity index (χ3n) is 4.69. The molecule has 1 aliphatic heterocycles. The van der Waals surface area contributed by atoms with Crippen LogP contribution in [0.3, 0.4) is 0 Å². The van der Waals surface area contributed by atoms with Crippen LogP contribution in [0.15, 0.2) is 77.4 Å². The van der Waals surface area contributed by atoms with Crippen LogP contribution >= 0.6 is 15.9 Å². The first-order valence-corrected chi connectivity index (χ1v) is 9.77. The van der Waals surface area contributed by atoms with E-state index in [0.717, 1.165) is 14.9 Å². The molecular formula is C22H16BrN3O3. The van der Waals surface area contributed by atoms with E-state index in [0.29, 0.717) is 16.9 Å². The highest BCUT2D eigenvalue weighted by Gasteiger charge is 2.42. The highest BCUT2D eigenvalue weighted by Crippen LogP contribution is 2.26. The van der Waals surface area contributed by atoms with Crippen molar-refractivity contribution in [2.75, 3.05) is 5.32 Å². The highest BCUT2D eigenvalue weighted by molar-refractivity contribution is 9.10. The Morgan fingerprint density at radius 3 is 2.14 bits per heavy atom. The Kier molecular flexibility index (Phi) is 5.22. The maximum absolute atomic E-state index is 13.1. The molecule has 3 aromatic rings. The first kappa shape index (κ1) is 19.0. The van der Waals surface area contributed by atoms with E-state index in [9.17, 15) is 14.4 Å². The smallest absolute Gasteiger partial charge is 0.262 e. The SMILES string of the molecule is O=C(Nc1ccc(Br)cn1)C(Cc1ccccc1)N1C(=O)c2ccccc2C1=O. The number of nitrogens with one attached hydrogen (secondary N) is 1. The molecule has 0 aliphatic carbocycles. The number of hydrogen-bond donors (Lipinski definition) is 1. The van der Waals surface area contributed by atoms with Crippen LogP contribution < -0.4 is 5.32 Å². The number of carbonyl (C=O) groups excluding carboxylic acids is 3. The monoisotopic (exact) mass is 449 g/mol. The molecule has 3 amide bonds. The van der Waals surface area contributed by atoms with Gasteiger partial charge >= 0.3 is 0 Å². The quantitative estimate of drug-likeness (QED) is 0.602. The zero-order valence-electron chi connectivity index (χ0n) is 15.2. The molecular weight excluding hydrogens is 434 g/mol. The summed E-state index contributed by atoms with van der Waals surface area (Å²) in [7, 11) is 0. The molecule has 1 aromatic heterocycles. The fourth-order valence-electron chi connectivity index (χ4n) is 3.29. The van der Waals surface area contributed by atoms with Crippen molar-refractivity contribution in [2.24, 2.45) is 0 Å². The van der Waals surface area contributed by atoms with Gasteiger partial charge < -0.3 is 5.32 Å². The van der Waals surface area contributed by atoms with E-state index >= 15 is 0 Å². The third kappa shape index (κ3) is 3.82. The van der Waals surface area contributed by atoms with E-state index in [1.165, 1.54) is 0 Å². The van der Waals surface area contributed by atoms with Crippen LogP contribution in [-0.4, -0.2) is 33.6 Å². The van der Waals surface area contributed by atoms with Crippen molar-refractivity contribution in [2.45, 2.75) is 12.5 Å². The Labute approximate surface area is 175 Å². The van der Waals surface area contributed by atoms with Gasteiger partial charge in [-0.05, 0) is 45.8 Å². The number of benzene rings is 2. The Morgan fingerprint density at radius 1 is 0.931 bits per heavy atom. The number of nitrogens with zero attached hydrogens (tertiary/aromatic N) is 2. The van der Waals surface area contributed by atoms with Gasteiger partial charge in [-0.15, -0.1) is 0 Å². The minimum absolute atomic E-state index is 0.203. The summed E-state index contributed by atoms with van der Waals surface area (Å²) in [5.74, 6) is -1.07. The molecule has 1 atom stereocenters. The van der Waals surface area contributed by atoms with Crippen LogP contribution in [0.25, 0.3) is 0 Å². The van der Waals surface area contributed by atoms with Gasteiger partial charge in [0.1, 0.15) is 11.9 Å². The molecule has 6 nitrogen and oxygen atoms in total. The predicted molar refractivity (Wildman–Crippen MR) is 111 cm³/mol. The first-order chi connectivity index (χ1) is 14.0. The minimum Gasteiger partial charge on any atom is -0.309 e. The number of rotatable bonds is 5. The lowest BCUT2D eigenvalue weighted by Gasteiger charge is -2.25. The Morgan fingerprint density at radius 2 is 1.55 bits per heavy atom. The molecule has 0 fully saturated rings. The second kappa shape index (κ2) is 7.97. The first-order valence-electron chi connectivity index (χ1n) is 8.98. The van der Waals surface area contributed by atoms with Crippen molar-refractivity contribution in [1.82, 2.24) is 9.88 Å². The van der Waals surface area contributed by atoms with Crippen molar-refractivity contribution in [3.8, 4) is 0 Å². The minimum atomic E-state index is -1.00. The highest BCUT2D eigenvalue weighted by atomic mass is 79.9. The summed E-state index contributed by atoms with van der Waals surface area (Å²) in [4.78, 5) is 44.2. The van der Waals surface area contributed by atoms with Gasteiger partial charge in [-0.3, -0.25) is 19.3 Å². The zero-order chi connectivity index (χ0) is 20.4. The maximum Gasteiger partial charge on any atom is 0.262 e. The number of fused-ring (bicyclic) bond motifs is 1. The average molecular weight is 450 g/mol. The molecule has 144 valence electrons. The lowest BCUT2D eigenvalue weighted by Crippen LogP contribution is -2.48. The predicted octanol–water partition coefficient (Wildman–Crippen LogP) is 3.69. The van der Waals surface area contributed by atoms with Gasteiger partial charge in [0.2, 0.25) is 5.91 Å². The summed E-state index contributed by atoms with van der Waals surface area (Å²) < 4.78 is 0.775. The largest absolute Gasteiger partial charge is 0.309 e. The number of hydrogen-bond acceptors (Lipinski definition) is 4. The summed E-state index contributed by atoms with van der Waals surface area (Å²) >= 11 is 3.30. The Bertz CT molecular complexity index is 1050. The van der Waals surface area contributed by atoms with Gasteiger partial charge in [-0.2, -0.15) is 0 Å². The normalized spacial score (nSPS) is 13.9. The standard InChI is InChI=1S/C22H16BrN3O3/c23-15-10-11-19(24-13-15)25-20(27)18(12-14-6-2-1-3-7-14)26-21(28)16-8-4-5-9-17(16)22(26)29/h1-11,13,18H,12H2,(H,24,25,27). The van der Waals surface area contributed by atoms with Crippen molar-refractivity contribution in [3.05, 3.63) is 94.1 Å². The van der Waals surface area contributed by atoms with Crippen LogP contribution in [0.5, 0.6) is 0 Å². The topological polar surface area (TPSA) is 79.4 Å². The molecule has 7 heteroatoms. The van der Waals surface area contributed by atoms with E-state index in [2.05, 4.69) is 26.2 Å². The fourth-order valence-corrected chi connectivity index (χ4v) is 3.52. The zero-order valence-corrected chi connectivity index (χ0v) is 16.8. The van der Waals surface area contributed by atoms with E-state index in [4.69, 9.17) is 0 Å². The van der Waals surface area contributed by atoms with Crippen molar-refractivity contribution in [3.63, 3.8) is 0 Å². The van der Waals surface area contributed by atoms with Gasteiger partial charge in [-0.1, -0.05) is 42.5 Å². The van der Waals surface area contributed by atoms with E-state index in [1.54, 1.807) is 42.6 Å². The fraction of sp³-hybridized carbons (Fsp3) is 0.0909. The molecule has 1 aliphatic rings. The average Bonchev–Trinajstić information content (AvgIpc) is 2.99. The molecule has 0 radical (unpaired) electrons. The van der Waals surface area contributed by atoms with Gasteiger partial charge in [0.15, 0.2) is 0 Å². The molecule has 0 saturated heterocycles. The van der Waals surface area contributed by atoms with Gasteiger partial charge in [-0.25, -0.2) is 4.98 Å². The summed E-state index contributed by atoms with van der Waals surface area (Å²) in [6.45, 7) is 0. The number of carbonyl (C=O) groups is 3. The van der Waals surface area contributed by atoms with Gasteiger partial charge in [0.05, 0.1) is 11.1 Å². The number of imide groups is 1. The molecule has 2 aromatic carbocycles. The van der Waals surface area contributed by atoms with Crippen molar-refractivity contribution in [1.29, 1.82) is 0 Å². The van der Waals surface area contributed by atoms with Crippen LogP contribution in [0.2, 0.25) is 0 Å². The summed E-state index contributed by atoms with van der Waals surface area (Å²) in [5.41, 5.74) is 1.46. The number of anilines is 1. The molecule has 0 spiro atoms. The number of aromatic nitrogens is 1. The van der Waals surface area contributed by atoms with Crippen LogP contribution in [0, 0.1) is 0 Å². The molecule has 2 heterocycles. The number of pyridine rings is 1. The summed E-state index contributed by atoms with van der Waals surface area (Å²) in [6, 6.07) is 18.3. The third-order valence-corrected chi connectivity index (χ3v) is 5.16. The van der Waals surface area contributed by atoms with Crippen molar-refractivity contribution >= 4 is 39.5 Å². The second-order valence-electron chi connectivity index (χ2n) is 6.58. The molecule has 1 N–H and O–H groups in total. The molecule has 1 unspecified atom stereocenters. The maximum atomic E-state index is 13.1. The Balaban J connectivity index is 1.67. The molecule has 0 saturated carbocycles. The Hall–Kier alpha value is -3.32. The van der Waals surface area contributed by atoms with E-state index in [1.807, 2.05) is 30.3 Å². The number of amides is 3. The van der Waals surface area contributed by atoms with Crippen LogP contribution in [0.1, 0.15) is 26.3 Å². The second-order valence-corrected chi connectivity index (χ2v) is 7.50. The van der Waals surface area contributed by atoms with Crippen molar-refractivity contribution < 1.29 is 14.4 Å². The van der Waals surface area contributed by atoms with Gasteiger partial charge in [0.25, 0.3) is 11.8 Å². The van der Waals surface area contributed by atoms with E-state index in [-0.39, 0.29) is 6.42 Å². The van der Waals surface area contributed by atoms with Crippen LogP contribution in [-0.2, 0) is 11.2 Å². The van der Waals surface area contributed by atoms with Gasteiger partial charge in [0, 0.05) is 17.1 Å². The summed E-state index contributed by atoms with van der Waals surface area (Å²) in [5, 5.41) is 2.72. The number of halogens is 1. The molecule has 0 bridgehead atoms. The van der Waals surface area contributed by atoms with Crippen LogP contribution in [0.4, 0.5) is 5.82 Å². The van der Waals surface area contributed by atoms with E-state index < -0.39 is 23.8 Å². The lowest BCUT2D eigenvalue weighted by molar-refractivity contribution is -0.120. The lowest BCUT2D eigenvalue weighted by atomic mass is 10.0. The molecule has 29 heavy (non-hydrogen) atoms.